The number of aliphatic hydroxyl groups is 1. The number of aliphatic hydroxyl groups excluding tert-OH is 1. The number of hydrogen-bond donors (Lipinski definition) is 2. The second-order valence-corrected chi connectivity index (χ2v) is 7.94. The number of nitro groups is 1. The molecule has 2 rings (SSSR count). The molecule has 2 aromatic heterocycles. The van der Waals surface area contributed by atoms with Crippen LogP contribution in [0.5, 0.6) is 0 Å². The summed E-state index contributed by atoms with van der Waals surface area (Å²) >= 11 is 0. The van der Waals surface area contributed by atoms with Crippen molar-refractivity contribution in [2.75, 3.05) is 36.7 Å². The fourth-order valence-corrected chi connectivity index (χ4v) is 3.15. The minimum absolute atomic E-state index is 0.00537. The van der Waals surface area contributed by atoms with Crippen LogP contribution in [-0.2, 0) is 33.4 Å². The Bertz CT molecular complexity index is 1010. The summed E-state index contributed by atoms with van der Waals surface area (Å²) in [7, 11) is -1.71. The predicted octanol–water partition coefficient (Wildman–Crippen LogP) is 1.55. The Hall–Kier alpha value is -3.23. The van der Waals surface area contributed by atoms with Crippen molar-refractivity contribution in [2.45, 2.75) is 38.1 Å². The molecule has 0 saturated heterocycles. The van der Waals surface area contributed by atoms with Crippen LogP contribution in [0.25, 0.3) is 0 Å². The molecule has 0 fully saturated rings. The summed E-state index contributed by atoms with van der Waals surface area (Å²) in [4.78, 5) is 36.6. The summed E-state index contributed by atoms with van der Waals surface area (Å²) in [6.07, 6.45) is 1.70. The van der Waals surface area contributed by atoms with Crippen LogP contribution in [0, 0.1) is 10.1 Å². The first-order chi connectivity index (χ1) is 15.8. The number of nitrogen functional groups attached to an aromatic ring is 1. The topological polar surface area (TPSA) is 184 Å². The van der Waals surface area contributed by atoms with E-state index in [1.807, 2.05) is 0 Å². The van der Waals surface area contributed by atoms with Gasteiger partial charge in [0.15, 0.2) is 0 Å². The second-order valence-electron chi connectivity index (χ2n) is 6.66. The van der Waals surface area contributed by atoms with E-state index >= 15 is 0 Å². The molecule has 0 spiro atoms. The normalized spacial score (nSPS) is 11.7. The SMILES string of the molecule is CCOC(=O)N(Cc1cccc(COCCCCO)n1)c1nc(S(C)=O)nc(N)c1[N+](=O)[O-]. The molecular weight excluding hydrogens is 456 g/mol. The van der Waals surface area contributed by atoms with Gasteiger partial charge in [-0.25, -0.2) is 9.69 Å². The first kappa shape index (κ1) is 26.0. The van der Waals surface area contributed by atoms with Crippen LogP contribution in [0.2, 0.25) is 0 Å². The number of carbonyl (C=O) groups excluding carboxylic acids is 1. The Balaban J connectivity index is 2.39. The smallest absolute Gasteiger partial charge is 0.416 e. The van der Waals surface area contributed by atoms with E-state index in [0.717, 1.165) is 4.90 Å². The maximum absolute atomic E-state index is 12.7. The first-order valence-electron chi connectivity index (χ1n) is 10.0. The maximum atomic E-state index is 12.7. The van der Waals surface area contributed by atoms with Crippen LogP contribution in [0.3, 0.4) is 0 Å². The number of anilines is 2. The number of carbonyl (C=O) groups is 1. The third-order valence-corrected chi connectivity index (χ3v) is 4.88. The summed E-state index contributed by atoms with van der Waals surface area (Å²) in [5.41, 5.74) is 5.97. The fourth-order valence-electron chi connectivity index (χ4n) is 2.71. The van der Waals surface area contributed by atoms with Gasteiger partial charge in [0.2, 0.25) is 16.8 Å². The number of ether oxygens (including phenoxy) is 2. The largest absolute Gasteiger partial charge is 0.449 e. The average Bonchev–Trinajstić information content (AvgIpc) is 2.77. The quantitative estimate of drug-likeness (QED) is 0.193. The zero-order valence-electron chi connectivity index (χ0n) is 18.3. The van der Waals surface area contributed by atoms with E-state index in [0.29, 0.717) is 30.8 Å². The fraction of sp³-hybridized carbons (Fsp3) is 0.474. The molecule has 33 heavy (non-hydrogen) atoms. The Labute approximate surface area is 192 Å². The third-order valence-electron chi connectivity index (χ3n) is 4.19. The Morgan fingerprint density at radius 2 is 2.00 bits per heavy atom. The van der Waals surface area contributed by atoms with Crippen molar-refractivity contribution >= 4 is 34.2 Å². The predicted molar refractivity (Wildman–Crippen MR) is 119 cm³/mol. The molecule has 0 aliphatic carbocycles. The van der Waals surface area contributed by atoms with Crippen molar-refractivity contribution in [3.05, 3.63) is 39.7 Å². The Morgan fingerprint density at radius 1 is 1.27 bits per heavy atom. The van der Waals surface area contributed by atoms with Crippen LogP contribution < -0.4 is 10.6 Å². The molecule has 0 aromatic carbocycles. The number of nitrogens with two attached hydrogens (primary N) is 1. The lowest BCUT2D eigenvalue weighted by Gasteiger charge is -2.21. The second kappa shape index (κ2) is 12.7. The van der Waals surface area contributed by atoms with E-state index in [2.05, 4.69) is 15.0 Å². The first-order valence-corrected chi connectivity index (χ1v) is 11.6. The lowest BCUT2D eigenvalue weighted by Crippen LogP contribution is -2.33. The molecule has 1 atom stereocenters. The number of unbranched alkanes of at least 4 members (excludes halogenated alkanes) is 1. The van der Waals surface area contributed by atoms with Crippen molar-refractivity contribution in [1.29, 1.82) is 0 Å². The number of amides is 1. The molecule has 14 heteroatoms. The highest BCUT2D eigenvalue weighted by Crippen LogP contribution is 2.32. The molecule has 0 saturated carbocycles. The molecule has 2 heterocycles. The van der Waals surface area contributed by atoms with Crippen molar-refractivity contribution in [3.63, 3.8) is 0 Å². The van der Waals surface area contributed by atoms with E-state index in [-0.39, 0.29) is 31.5 Å². The highest BCUT2D eigenvalue weighted by atomic mass is 32.2. The molecule has 1 amide bonds. The van der Waals surface area contributed by atoms with Gasteiger partial charge in [-0.15, -0.1) is 0 Å². The van der Waals surface area contributed by atoms with Gasteiger partial charge in [0.05, 0.1) is 46.9 Å². The molecule has 13 nitrogen and oxygen atoms in total. The van der Waals surface area contributed by atoms with Crippen LogP contribution in [0.1, 0.15) is 31.2 Å². The highest BCUT2D eigenvalue weighted by Gasteiger charge is 2.32. The number of hydrogen-bond acceptors (Lipinski definition) is 11. The molecular formula is C19H26N6O7S. The van der Waals surface area contributed by atoms with Crippen molar-refractivity contribution in [2.24, 2.45) is 0 Å². The van der Waals surface area contributed by atoms with Gasteiger partial charge in [-0.05, 0) is 31.9 Å². The lowest BCUT2D eigenvalue weighted by atomic mass is 10.3. The molecule has 0 radical (unpaired) electrons. The highest BCUT2D eigenvalue weighted by molar-refractivity contribution is 7.84. The summed E-state index contributed by atoms with van der Waals surface area (Å²) in [6.45, 7) is 2.10. The van der Waals surface area contributed by atoms with Gasteiger partial charge in [0, 0.05) is 19.5 Å². The zero-order chi connectivity index (χ0) is 24.4. The lowest BCUT2D eigenvalue weighted by molar-refractivity contribution is -0.383. The minimum Gasteiger partial charge on any atom is -0.449 e. The standard InChI is InChI=1S/C19H26N6O7S/c1-3-32-19(27)24(17-15(25(28)29)16(20)22-18(23-17)33(2)30)11-13-7-6-8-14(21-13)12-31-10-5-4-9-26/h6-8,26H,3-5,9-12H2,1-2H3,(H2,20,22,23). The number of aromatic nitrogens is 3. The number of nitrogens with zero attached hydrogens (tertiary/aromatic N) is 5. The molecule has 1 unspecified atom stereocenters. The van der Waals surface area contributed by atoms with Gasteiger partial charge in [0.25, 0.3) is 0 Å². The van der Waals surface area contributed by atoms with Crippen LogP contribution >= 0.6 is 0 Å². The Kier molecular flexibility index (Phi) is 10.0. The molecule has 0 aliphatic heterocycles. The summed E-state index contributed by atoms with van der Waals surface area (Å²) in [5.74, 6) is -0.967. The van der Waals surface area contributed by atoms with E-state index in [1.165, 1.54) is 6.26 Å². The van der Waals surface area contributed by atoms with Crippen LogP contribution in [-0.4, -0.2) is 61.4 Å². The van der Waals surface area contributed by atoms with E-state index in [9.17, 15) is 19.1 Å². The van der Waals surface area contributed by atoms with Gasteiger partial charge in [-0.3, -0.25) is 19.3 Å². The summed E-state index contributed by atoms with van der Waals surface area (Å²) in [6, 6.07) is 5.05. The molecule has 180 valence electrons. The van der Waals surface area contributed by atoms with Gasteiger partial charge >= 0.3 is 11.8 Å². The number of rotatable bonds is 12. The average molecular weight is 483 g/mol. The van der Waals surface area contributed by atoms with Gasteiger partial charge in [0.1, 0.15) is 0 Å². The molecule has 0 bridgehead atoms. The van der Waals surface area contributed by atoms with Gasteiger partial charge in [-0.1, -0.05) is 6.07 Å². The number of pyridine rings is 1. The summed E-state index contributed by atoms with van der Waals surface area (Å²) in [5, 5.41) is 20.2. The van der Waals surface area contributed by atoms with Crippen molar-refractivity contribution < 1.29 is 28.5 Å². The van der Waals surface area contributed by atoms with E-state index < -0.39 is 39.1 Å². The molecule has 3 N–H and O–H groups in total. The van der Waals surface area contributed by atoms with E-state index in [1.54, 1.807) is 25.1 Å². The van der Waals surface area contributed by atoms with E-state index in [4.69, 9.17) is 20.3 Å². The van der Waals surface area contributed by atoms with Gasteiger partial charge < -0.3 is 20.3 Å². The zero-order valence-corrected chi connectivity index (χ0v) is 19.1. The summed E-state index contributed by atoms with van der Waals surface area (Å²) < 4.78 is 22.5. The molecule has 2 aromatic rings. The van der Waals surface area contributed by atoms with Gasteiger partial charge in [-0.2, -0.15) is 9.97 Å². The van der Waals surface area contributed by atoms with Crippen LogP contribution in [0.4, 0.5) is 22.1 Å². The third kappa shape index (κ3) is 7.40. The van der Waals surface area contributed by atoms with Crippen molar-refractivity contribution in [1.82, 2.24) is 15.0 Å². The molecule has 0 aliphatic rings. The van der Waals surface area contributed by atoms with Crippen molar-refractivity contribution in [3.8, 4) is 0 Å². The minimum atomic E-state index is -1.71. The Morgan fingerprint density at radius 3 is 2.64 bits per heavy atom. The van der Waals surface area contributed by atoms with Crippen LogP contribution in [0.15, 0.2) is 23.4 Å². The monoisotopic (exact) mass is 482 g/mol. The maximum Gasteiger partial charge on any atom is 0.416 e.